The third-order valence-electron chi connectivity index (χ3n) is 11.1. The summed E-state index contributed by atoms with van der Waals surface area (Å²) >= 11 is 0. The number of anilines is 6. The van der Waals surface area contributed by atoms with Crippen LogP contribution in [0.4, 0.5) is 34.3 Å². The fourth-order valence-corrected chi connectivity index (χ4v) is 8.54. The molecule has 0 unspecified atom stereocenters. The molecule has 0 fully saturated rings. The first-order valence-corrected chi connectivity index (χ1v) is 18.8. The van der Waals surface area contributed by atoms with Crippen LogP contribution in [0.5, 0.6) is 5.75 Å². The van der Waals surface area contributed by atoms with Crippen LogP contribution < -0.4 is 9.80 Å². The number of pyridine rings is 2. The normalized spacial score (nSPS) is 13.0. The van der Waals surface area contributed by atoms with Gasteiger partial charge in [0.1, 0.15) is 11.3 Å². The molecule has 1 N–H and O–H groups in total. The minimum Gasteiger partial charge on any atom is -0.504 e. The molecule has 0 saturated heterocycles. The molecular formula is C50H42N4O. The third-order valence-corrected chi connectivity index (χ3v) is 11.1. The Kier molecular flexibility index (Phi) is 8.24. The van der Waals surface area contributed by atoms with Crippen molar-refractivity contribution in [2.45, 2.75) is 40.0 Å². The van der Waals surface area contributed by atoms with Crippen molar-refractivity contribution in [1.82, 2.24) is 9.97 Å². The van der Waals surface area contributed by atoms with E-state index in [0.717, 1.165) is 50.8 Å². The minimum absolute atomic E-state index is 0.129. The minimum atomic E-state index is -0.259. The Balaban J connectivity index is 1.20. The van der Waals surface area contributed by atoms with Crippen LogP contribution in [-0.2, 0) is 5.41 Å². The number of para-hydroxylation sites is 3. The van der Waals surface area contributed by atoms with Gasteiger partial charge in [-0.05, 0) is 115 Å². The smallest absolute Gasteiger partial charge is 0.166 e. The topological polar surface area (TPSA) is 52.5 Å². The number of phenols is 1. The molecule has 3 heterocycles. The van der Waals surface area contributed by atoms with E-state index in [0.29, 0.717) is 11.2 Å². The molecule has 1 aliphatic heterocycles. The number of hydrogen-bond donors (Lipinski definition) is 1. The maximum Gasteiger partial charge on any atom is 0.166 e. The Hall–Kier alpha value is -6.72. The molecular weight excluding hydrogens is 673 g/mol. The highest BCUT2D eigenvalue weighted by molar-refractivity contribution is 5.95. The van der Waals surface area contributed by atoms with E-state index >= 15 is 0 Å². The second kappa shape index (κ2) is 13.3. The van der Waals surface area contributed by atoms with Crippen molar-refractivity contribution >= 4 is 45.2 Å². The molecule has 0 radical (unpaired) electrons. The highest BCUT2D eigenvalue weighted by Gasteiger charge is 2.37. The molecule has 0 bridgehead atoms. The van der Waals surface area contributed by atoms with E-state index in [-0.39, 0.29) is 11.2 Å². The monoisotopic (exact) mass is 714 g/mol. The molecule has 0 spiro atoms. The van der Waals surface area contributed by atoms with Crippen LogP contribution in [0.15, 0.2) is 158 Å². The molecule has 0 saturated carbocycles. The van der Waals surface area contributed by atoms with Gasteiger partial charge in [0.2, 0.25) is 0 Å². The summed E-state index contributed by atoms with van der Waals surface area (Å²) < 4.78 is 0. The molecule has 5 nitrogen and oxygen atoms in total. The average Bonchev–Trinajstić information content (AvgIpc) is 3.19. The van der Waals surface area contributed by atoms with E-state index in [1.54, 1.807) is 0 Å². The first-order valence-electron chi connectivity index (χ1n) is 18.8. The van der Waals surface area contributed by atoms with Crippen molar-refractivity contribution < 1.29 is 5.11 Å². The molecule has 268 valence electrons. The van der Waals surface area contributed by atoms with Crippen molar-refractivity contribution in [2.24, 2.45) is 0 Å². The van der Waals surface area contributed by atoms with Gasteiger partial charge < -0.3 is 10.0 Å². The van der Waals surface area contributed by atoms with Crippen LogP contribution in [0.3, 0.4) is 0 Å². The largest absolute Gasteiger partial charge is 0.504 e. The first-order chi connectivity index (χ1) is 26.7. The van der Waals surface area contributed by atoms with E-state index in [9.17, 15) is 5.11 Å². The Morgan fingerprint density at radius 1 is 0.600 bits per heavy atom. The van der Waals surface area contributed by atoms with Crippen LogP contribution in [0.1, 0.15) is 41.7 Å². The number of aryl methyl sites for hydroxylation is 3. The van der Waals surface area contributed by atoms with E-state index < -0.39 is 0 Å². The standard InChI is InChI=1S/C50H42N4O/c1-32-28-33(2)47(34(3)29-32)37-26-27-51-46(31-37)54-43-19-13-12-18-40(43)50(4,5)41-23-20-36(30-45(41)54)42-24-21-35-22-25-44(49(55)48(35)52-42)53(38-14-8-6-9-15-38)39-16-10-7-11-17-39/h6-31,55H,1-5H3. The van der Waals surface area contributed by atoms with Gasteiger partial charge in [0.15, 0.2) is 5.75 Å². The summed E-state index contributed by atoms with van der Waals surface area (Å²) in [7, 11) is 0. The van der Waals surface area contributed by atoms with Crippen LogP contribution >= 0.6 is 0 Å². The molecule has 0 atom stereocenters. The van der Waals surface area contributed by atoms with Crippen LogP contribution in [0, 0.1) is 20.8 Å². The van der Waals surface area contributed by atoms with Gasteiger partial charge in [-0.3, -0.25) is 4.90 Å². The van der Waals surface area contributed by atoms with Crippen LogP contribution in [-0.4, -0.2) is 15.1 Å². The van der Waals surface area contributed by atoms with Crippen molar-refractivity contribution in [3.63, 3.8) is 0 Å². The van der Waals surface area contributed by atoms with Gasteiger partial charge >= 0.3 is 0 Å². The summed E-state index contributed by atoms with van der Waals surface area (Å²) in [6, 6.07) is 52.4. The molecule has 6 aromatic carbocycles. The van der Waals surface area contributed by atoms with Gasteiger partial charge in [-0.1, -0.05) is 110 Å². The quantitative estimate of drug-likeness (QED) is 0.186. The number of fused-ring (bicyclic) bond motifs is 3. The van der Waals surface area contributed by atoms with E-state index in [4.69, 9.17) is 9.97 Å². The summed E-state index contributed by atoms with van der Waals surface area (Å²) in [4.78, 5) is 14.6. The fraction of sp³-hybridized carbons (Fsp3) is 0.120. The molecule has 0 amide bonds. The Morgan fingerprint density at radius 3 is 1.95 bits per heavy atom. The molecule has 5 heteroatoms. The first kappa shape index (κ1) is 34.1. The van der Waals surface area contributed by atoms with Gasteiger partial charge in [-0.2, -0.15) is 0 Å². The Bertz CT molecular complexity index is 2680. The molecule has 55 heavy (non-hydrogen) atoms. The summed E-state index contributed by atoms with van der Waals surface area (Å²) in [5.41, 5.74) is 15.3. The molecule has 8 aromatic rings. The maximum absolute atomic E-state index is 12.0. The molecule has 2 aromatic heterocycles. The SMILES string of the molecule is Cc1cc(C)c(-c2ccnc(N3c4ccccc4C(C)(C)c4ccc(-c5ccc6ccc(N(c7ccccc7)c7ccccc7)c(O)c6n5)cc43)c2)c(C)c1. The number of phenolic OH excluding ortho intramolecular Hbond substituents is 1. The van der Waals surface area contributed by atoms with Crippen LogP contribution in [0.25, 0.3) is 33.3 Å². The van der Waals surface area contributed by atoms with E-state index in [2.05, 4.69) is 111 Å². The summed E-state index contributed by atoms with van der Waals surface area (Å²) in [5, 5.41) is 12.9. The predicted molar refractivity (Wildman–Crippen MR) is 228 cm³/mol. The molecule has 1 aliphatic rings. The lowest BCUT2D eigenvalue weighted by Gasteiger charge is -2.41. The average molecular weight is 715 g/mol. The Morgan fingerprint density at radius 2 is 1.24 bits per heavy atom. The summed E-state index contributed by atoms with van der Waals surface area (Å²) in [5.74, 6) is 0.985. The zero-order valence-electron chi connectivity index (χ0n) is 31.7. The number of hydrogen-bond acceptors (Lipinski definition) is 5. The fourth-order valence-electron chi connectivity index (χ4n) is 8.54. The lowest BCUT2D eigenvalue weighted by atomic mass is 9.73. The predicted octanol–water partition coefficient (Wildman–Crippen LogP) is 13.2. The van der Waals surface area contributed by atoms with Crippen LogP contribution in [0.2, 0.25) is 0 Å². The highest BCUT2D eigenvalue weighted by atomic mass is 16.3. The van der Waals surface area contributed by atoms with Crippen molar-refractivity contribution in [3.05, 3.63) is 186 Å². The number of aromatic nitrogens is 2. The van der Waals surface area contributed by atoms with Gasteiger partial charge in [-0.25, -0.2) is 9.97 Å². The van der Waals surface area contributed by atoms with Gasteiger partial charge in [0.05, 0.1) is 22.8 Å². The van der Waals surface area contributed by atoms with Gasteiger partial charge in [0, 0.05) is 33.9 Å². The summed E-state index contributed by atoms with van der Waals surface area (Å²) in [6.45, 7) is 11.1. The van der Waals surface area contributed by atoms with Crippen molar-refractivity contribution in [1.29, 1.82) is 0 Å². The number of aromatic hydroxyl groups is 1. The zero-order chi connectivity index (χ0) is 37.8. The number of benzene rings is 6. The second-order valence-electron chi connectivity index (χ2n) is 15.1. The molecule has 9 rings (SSSR count). The van der Waals surface area contributed by atoms with Gasteiger partial charge in [0.25, 0.3) is 0 Å². The zero-order valence-corrected chi connectivity index (χ0v) is 31.7. The lowest BCUT2D eigenvalue weighted by Crippen LogP contribution is -2.31. The van der Waals surface area contributed by atoms with Crippen molar-refractivity contribution in [3.8, 4) is 28.1 Å². The molecule has 0 aliphatic carbocycles. The maximum atomic E-state index is 12.0. The summed E-state index contributed by atoms with van der Waals surface area (Å²) in [6.07, 6.45) is 1.93. The number of rotatable bonds is 6. The lowest BCUT2D eigenvalue weighted by molar-refractivity contribution is 0.481. The highest BCUT2D eigenvalue weighted by Crippen LogP contribution is 2.53. The van der Waals surface area contributed by atoms with E-state index in [1.165, 1.54) is 33.4 Å². The second-order valence-corrected chi connectivity index (χ2v) is 15.1. The van der Waals surface area contributed by atoms with Crippen molar-refractivity contribution in [2.75, 3.05) is 9.80 Å². The van der Waals surface area contributed by atoms with E-state index in [1.807, 2.05) is 91.1 Å². The third kappa shape index (κ3) is 5.80. The Labute approximate surface area is 322 Å². The van der Waals surface area contributed by atoms with Gasteiger partial charge in [-0.15, -0.1) is 0 Å². The number of nitrogens with zero attached hydrogens (tertiary/aromatic N) is 4.